The molecule has 0 aromatic heterocycles. The van der Waals surface area contributed by atoms with E-state index in [1.165, 1.54) is 6.07 Å². The lowest BCUT2D eigenvalue weighted by molar-refractivity contribution is -0.137. The summed E-state index contributed by atoms with van der Waals surface area (Å²) in [7, 11) is 0. The molecule has 2 rings (SSSR count). The van der Waals surface area contributed by atoms with E-state index in [9.17, 15) is 14.0 Å². The van der Waals surface area contributed by atoms with E-state index in [1.807, 2.05) is 22.6 Å². The van der Waals surface area contributed by atoms with Crippen LogP contribution in [-0.2, 0) is 9.59 Å². The van der Waals surface area contributed by atoms with Crippen LogP contribution < -0.4 is 5.32 Å². The van der Waals surface area contributed by atoms with Crippen LogP contribution >= 0.6 is 38.5 Å². The monoisotopic (exact) mass is 479 g/mol. The molecule has 6 nitrogen and oxygen atoms in total. The zero-order chi connectivity index (χ0) is 16.4. The van der Waals surface area contributed by atoms with Crippen molar-refractivity contribution < 1.29 is 19.1 Å². The van der Waals surface area contributed by atoms with E-state index in [1.54, 1.807) is 6.07 Å². The molecule has 0 saturated carbocycles. The van der Waals surface area contributed by atoms with E-state index in [0.29, 0.717) is 3.57 Å². The molecule has 0 aliphatic carbocycles. The number of nitriles is 1. The third kappa shape index (κ3) is 2.99. The lowest BCUT2D eigenvalue weighted by atomic mass is 10.1. The predicted octanol–water partition coefficient (Wildman–Crippen LogP) is 1.72. The molecule has 1 aromatic rings. The van der Waals surface area contributed by atoms with Crippen molar-refractivity contribution in [1.29, 1.82) is 5.26 Å². The summed E-state index contributed by atoms with van der Waals surface area (Å²) < 4.78 is 14.6. The number of rotatable bonds is 4. The molecule has 1 aromatic carbocycles. The fraction of sp³-hybridized carbons (Fsp3) is 0.154. The van der Waals surface area contributed by atoms with E-state index in [0.717, 1.165) is 11.0 Å². The van der Waals surface area contributed by atoms with Crippen molar-refractivity contribution in [3.63, 3.8) is 0 Å². The highest BCUT2D eigenvalue weighted by Crippen LogP contribution is 2.32. The molecule has 0 saturated heterocycles. The zero-order valence-corrected chi connectivity index (χ0v) is 14.6. The fourth-order valence-electron chi connectivity index (χ4n) is 1.87. The van der Waals surface area contributed by atoms with Gasteiger partial charge < -0.3 is 10.4 Å². The van der Waals surface area contributed by atoms with Gasteiger partial charge in [0.15, 0.2) is 5.82 Å². The molecular formula is C13H8BrFIN3O3. The number of halogens is 3. The minimum atomic E-state index is -0.755. The number of carbonyl (C=O) groups is 2. The van der Waals surface area contributed by atoms with Crippen LogP contribution in [-0.4, -0.2) is 35.0 Å². The number of hydrogen-bond acceptors (Lipinski definition) is 5. The second-order valence-corrected chi connectivity index (χ2v) is 6.23. The van der Waals surface area contributed by atoms with Gasteiger partial charge in [-0.05, 0) is 44.6 Å². The number of nitrogens with zero attached hydrogens (tertiary/aromatic N) is 2. The second-order valence-electron chi connectivity index (χ2n) is 4.22. The number of nitrogens with one attached hydrogen (secondary N) is 1. The highest BCUT2D eigenvalue weighted by molar-refractivity contribution is 14.1. The van der Waals surface area contributed by atoms with Crippen molar-refractivity contribution in [2.75, 3.05) is 18.5 Å². The van der Waals surface area contributed by atoms with E-state index in [4.69, 9.17) is 10.4 Å². The van der Waals surface area contributed by atoms with E-state index in [2.05, 4.69) is 21.2 Å². The smallest absolute Gasteiger partial charge is 0.277 e. The number of anilines is 1. The molecule has 0 radical (unpaired) electrons. The van der Waals surface area contributed by atoms with Crippen molar-refractivity contribution >= 4 is 56.0 Å². The Bertz CT molecular complexity index is 745. The second kappa shape index (κ2) is 6.72. The summed E-state index contributed by atoms with van der Waals surface area (Å²) in [5.74, 6) is -1.97. The maximum Gasteiger partial charge on any atom is 0.277 e. The third-order valence-electron chi connectivity index (χ3n) is 2.88. The number of aliphatic hydroxyl groups excluding tert-OH is 1. The van der Waals surface area contributed by atoms with Crippen LogP contribution in [0.2, 0.25) is 0 Å². The van der Waals surface area contributed by atoms with Crippen molar-refractivity contribution in [3.05, 3.63) is 37.3 Å². The molecule has 2 amide bonds. The molecule has 0 unspecified atom stereocenters. The largest absolute Gasteiger partial charge is 0.395 e. The van der Waals surface area contributed by atoms with Gasteiger partial charge in [-0.15, -0.1) is 0 Å². The highest BCUT2D eigenvalue weighted by atomic mass is 127. The van der Waals surface area contributed by atoms with E-state index in [-0.39, 0.29) is 34.6 Å². The summed E-state index contributed by atoms with van der Waals surface area (Å²) >= 11 is 4.89. The van der Waals surface area contributed by atoms with Gasteiger partial charge in [0.25, 0.3) is 11.8 Å². The molecule has 22 heavy (non-hydrogen) atoms. The zero-order valence-electron chi connectivity index (χ0n) is 10.9. The molecule has 0 atom stereocenters. The van der Waals surface area contributed by atoms with Gasteiger partial charge in [0.05, 0.1) is 23.3 Å². The van der Waals surface area contributed by atoms with Gasteiger partial charge in [0.2, 0.25) is 0 Å². The molecule has 2 N–H and O–H groups in total. The third-order valence-corrected chi connectivity index (χ3v) is 4.30. The van der Waals surface area contributed by atoms with Crippen LogP contribution in [0.3, 0.4) is 0 Å². The quantitative estimate of drug-likeness (QED) is 0.389. The molecule has 1 aliphatic rings. The molecule has 1 heterocycles. The summed E-state index contributed by atoms with van der Waals surface area (Å²) in [5.41, 5.74) is -0.225. The van der Waals surface area contributed by atoms with Crippen molar-refractivity contribution in [2.24, 2.45) is 0 Å². The van der Waals surface area contributed by atoms with E-state index >= 15 is 0 Å². The number of imide groups is 1. The van der Waals surface area contributed by atoms with Crippen LogP contribution in [0, 0.1) is 20.7 Å². The first kappa shape index (κ1) is 16.9. The number of β-amino-alcohol motifs (C(OH)–C–C–N with tert-alkyl or cyclic N) is 1. The molecule has 0 bridgehead atoms. The Morgan fingerprint density at radius 3 is 2.77 bits per heavy atom. The van der Waals surface area contributed by atoms with Crippen molar-refractivity contribution in [3.8, 4) is 6.07 Å². The number of hydrogen-bond donors (Lipinski definition) is 2. The Hall–Kier alpha value is -1.51. The first-order chi connectivity index (χ1) is 10.4. The Balaban J connectivity index is 2.39. The SMILES string of the molecule is N#Cc1c(F)c(Br)cc(I)c1NC1=CC(=O)N(CCO)C1=O. The van der Waals surface area contributed by atoms with Gasteiger partial charge in [0, 0.05) is 9.65 Å². The first-order valence-corrected chi connectivity index (χ1v) is 7.80. The minimum Gasteiger partial charge on any atom is -0.395 e. The number of aliphatic hydroxyl groups is 1. The molecular weight excluding hydrogens is 472 g/mol. The van der Waals surface area contributed by atoms with Crippen LogP contribution in [0.1, 0.15) is 5.56 Å². The molecule has 114 valence electrons. The Labute approximate surface area is 146 Å². The van der Waals surface area contributed by atoms with Gasteiger partial charge in [-0.3, -0.25) is 14.5 Å². The van der Waals surface area contributed by atoms with Crippen molar-refractivity contribution in [1.82, 2.24) is 4.90 Å². The standard InChI is InChI=1S/C13H8BrFIN3O3/c14-7-3-8(16)12(6(5-17)11(7)15)18-9-4-10(21)19(1-2-20)13(9)22/h3-4,18,20H,1-2H2. The number of benzene rings is 1. The van der Waals surface area contributed by atoms with Gasteiger partial charge in [0.1, 0.15) is 17.3 Å². The summed E-state index contributed by atoms with van der Waals surface area (Å²) in [6.07, 6.45) is 1.05. The van der Waals surface area contributed by atoms with Gasteiger partial charge >= 0.3 is 0 Å². The summed E-state index contributed by atoms with van der Waals surface area (Å²) in [6, 6.07) is 3.18. The maximum absolute atomic E-state index is 14.0. The molecule has 1 aliphatic heterocycles. The van der Waals surface area contributed by atoms with Crippen LogP contribution in [0.4, 0.5) is 10.1 Å². The molecule has 0 fully saturated rings. The Kier molecular flexibility index (Phi) is 5.15. The summed E-state index contributed by atoms with van der Waals surface area (Å²) in [4.78, 5) is 24.6. The molecule has 9 heteroatoms. The highest BCUT2D eigenvalue weighted by Gasteiger charge is 2.31. The van der Waals surface area contributed by atoms with Crippen LogP contribution in [0.15, 0.2) is 22.3 Å². The lowest BCUT2D eigenvalue weighted by Gasteiger charge is -2.15. The average molecular weight is 480 g/mol. The predicted molar refractivity (Wildman–Crippen MR) is 87.0 cm³/mol. The minimum absolute atomic E-state index is 0.0745. The van der Waals surface area contributed by atoms with Crippen LogP contribution in [0.25, 0.3) is 0 Å². The van der Waals surface area contributed by atoms with Gasteiger partial charge in [-0.25, -0.2) is 4.39 Å². The van der Waals surface area contributed by atoms with Gasteiger partial charge in [-0.1, -0.05) is 0 Å². The topological polar surface area (TPSA) is 93.4 Å². The normalized spacial score (nSPS) is 14.1. The first-order valence-electron chi connectivity index (χ1n) is 5.93. The molecule has 0 spiro atoms. The number of carbonyl (C=O) groups excluding carboxylic acids is 2. The van der Waals surface area contributed by atoms with Crippen molar-refractivity contribution in [2.45, 2.75) is 0 Å². The maximum atomic E-state index is 14.0. The Morgan fingerprint density at radius 2 is 2.18 bits per heavy atom. The van der Waals surface area contributed by atoms with Crippen LogP contribution in [0.5, 0.6) is 0 Å². The number of amides is 2. The summed E-state index contributed by atoms with van der Waals surface area (Å²) in [6.45, 7) is -0.483. The summed E-state index contributed by atoms with van der Waals surface area (Å²) in [5, 5.41) is 20.6. The fourth-order valence-corrected chi connectivity index (χ4v) is 3.44. The Morgan fingerprint density at radius 1 is 1.50 bits per heavy atom. The average Bonchev–Trinajstić information content (AvgIpc) is 2.73. The van der Waals surface area contributed by atoms with Gasteiger partial charge in [-0.2, -0.15) is 5.26 Å². The van der Waals surface area contributed by atoms with E-state index < -0.39 is 17.6 Å². The lowest BCUT2D eigenvalue weighted by Crippen LogP contribution is -2.34.